The Morgan fingerprint density at radius 3 is 3.13 bits per heavy atom. The molecule has 1 fully saturated rings. The van der Waals surface area contributed by atoms with Crippen LogP contribution in [0.1, 0.15) is 19.3 Å². The third-order valence-corrected chi connectivity index (χ3v) is 2.76. The second-order valence-electron chi connectivity index (χ2n) is 4.00. The third kappa shape index (κ3) is 3.13. The summed E-state index contributed by atoms with van der Waals surface area (Å²) in [7, 11) is 0. The molecule has 0 radical (unpaired) electrons. The van der Waals surface area contributed by atoms with Crippen molar-refractivity contribution in [2.24, 2.45) is 0 Å². The number of benzene rings is 1. The fourth-order valence-electron chi connectivity index (χ4n) is 1.93. The molecule has 0 aromatic heterocycles. The molecule has 0 amide bonds. The lowest BCUT2D eigenvalue weighted by atomic mass is 10.2. The third-order valence-electron chi connectivity index (χ3n) is 2.76. The Kier molecular flexibility index (Phi) is 3.45. The van der Waals surface area contributed by atoms with Gasteiger partial charge in [0.2, 0.25) is 0 Å². The first kappa shape index (κ1) is 10.3. The van der Waals surface area contributed by atoms with Crippen LogP contribution in [0.5, 0.6) is 5.75 Å². The van der Waals surface area contributed by atoms with Gasteiger partial charge in [-0.2, -0.15) is 0 Å². The van der Waals surface area contributed by atoms with Crippen LogP contribution in [0.4, 0.5) is 5.69 Å². The van der Waals surface area contributed by atoms with Crippen LogP contribution in [0.15, 0.2) is 24.3 Å². The van der Waals surface area contributed by atoms with Crippen LogP contribution in [0.2, 0.25) is 0 Å². The Morgan fingerprint density at radius 2 is 2.40 bits per heavy atom. The molecular weight excluding hydrogens is 188 g/mol. The van der Waals surface area contributed by atoms with E-state index in [1.54, 1.807) is 0 Å². The quantitative estimate of drug-likeness (QED) is 0.738. The molecule has 1 atom stereocenters. The molecule has 1 saturated heterocycles. The maximum absolute atomic E-state index is 5.66. The van der Waals surface area contributed by atoms with E-state index in [0.29, 0.717) is 6.04 Å². The van der Waals surface area contributed by atoms with Crippen molar-refractivity contribution in [2.75, 3.05) is 18.9 Å². The molecule has 1 aromatic rings. The zero-order chi connectivity index (χ0) is 10.5. The first-order chi connectivity index (χ1) is 7.34. The van der Waals surface area contributed by atoms with E-state index in [4.69, 9.17) is 10.5 Å². The second kappa shape index (κ2) is 5.03. The van der Waals surface area contributed by atoms with Gasteiger partial charge in [0, 0.05) is 17.8 Å². The van der Waals surface area contributed by atoms with Crippen LogP contribution in [0.25, 0.3) is 0 Å². The maximum atomic E-state index is 5.66. The van der Waals surface area contributed by atoms with E-state index < -0.39 is 0 Å². The molecule has 3 heteroatoms. The summed E-state index contributed by atoms with van der Waals surface area (Å²) in [4.78, 5) is 0. The number of hydrogen-bond acceptors (Lipinski definition) is 3. The highest BCUT2D eigenvalue weighted by Crippen LogP contribution is 2.15. The summed E-state index contributed by atoms with van der Waals surface area (Å²) in [6, 6.07) is 8.23. The van der Waals surface area contributed by atoms with Gasteiger partial charge in [0.25, 0.3) is 0 Å². The highest BCUT2D eigenvalue weighted by Gasteiger charge is 2.13. The van der Waals surface area contributed by atoms with Crippen LogP contribution in [0, 0.1) is 0 Å². The SMILES string of the molecule is Nc1cccc(OCCC2CCCN2)c1. The summed E-state index contributed by atoms with van der Waals surface area (Å²) in [5.74, 6) is 0.869. The summed E-state index contributed by atoms with van der Waals surface area (Å²) >= 11 is 0. The molecule has 1 heterocycles. The molecule has 1 aromatic carbocycles. The molecule has 3 N–H and O–H groups in total. The average molecular weight is 206 g/mol. The van der Waals surface area contributed by atoms with Gasteiger partial charge in [0.05, 0.1) is 6.61 Å². The van der Waals surface area contributed by atoms with Gasteiger partial charge in [-0.1, -0.05) is 6.07 Å². The molecule has 1 aliphatic heterocycles. The Morgan fingerprint density at radius 1 is 1.47 bits per heavy atom. The minimum Gasteiger partial charge on any atom is -0.493 e. The van der Waals surface area contributed by atoms with Crippen LogP contribution >= 0.6 is 0 Å². The van der Waals surface area contributed by atoms with Gasteiger partial charge < -0.3 is 15.8 Å². The van der Waals surface area contributed by atoms with E-state index in [2.05, 4.69) is 5.32 Å². The highest BCUT2D eigenvalue weighted by molar-refractivity contribution is 5.43. The molecule has 82 valence electrons. The summed E-state index contributed by atoms with van der Waals surface area (Å²) in [6.07, 6.45) is 3.65. The molecule has 3 nitrogen and oxygen atoms in total. The first-order valence-electron chi connectivity index (χ1n) is 5.56. The average Bonchev–Trinajstić information content (AvgIpc) is 2.71. The Bertz CT molecular complexity index is 308. The largest absolute Gasteiger partial charge is 0.493 e. The molecule has 2 rings (SSSR count). The standard InChI is InChI=1S/C12H18N2O/c13-10-3-1-5-12(9-10)15-8-6-11-4-2-7-14-11/h1,3,5,9,11,14H,2,4,6-8,13H2. The van der Waals surface area contributed by atoms with Crippen molar-refractivity contribution in [3.05, 3.63) is 24.3 Å². The fraction of sp³-hybridized carbons (Fsp3) is 0.500. The molecule has 1 unspecified atom stereocenters. The minimum absolute atomic E-state index is 0.644. The van der Waals surface area contributed by atoms with Crippen LogP contribution in [-0.4, -0.2) is 19.2 Å². The second-order valence-corrected chi connectivity index (χ2v) is 4.00. The van der Waals surface area contributed by atoms with E-state index in [1.807, 2.05) is 24.3 Å². The van der Waals surface area contributed by atoms with Crippen molar-refractivity contribution in [1.29, 1.82) is 0 Å². The van der Waals surface area contributed by atoms with Crippen molar-refractivity contribution in [2.45, 2.75) is 25.3 Å². The Hall–Kier alpha value is -1.22. The number of ether oxygens (including phenoxy) is 1. The van der Waals surface area contributed by atoms with Crippen molar-refractivity contribution in [3.8, 4) is 5.75 Å². The minimum atomic E-state index is 0.644. The number of nitrogen functional groups attached to an aromatic ring is 1. The fourth-order valence-corrected chi connectivity index (χ4v) is 1.93. The molecule has 0 aliphatic carbocycles. The van der Waals surface area contributed by atoms with Crippen LogP contribution < -0.4 is 15.8 Å². The normalized spacial score (nSPS) is 20.4. The lowest BCUT2D eigenvalue weighted by Crippen LogP contribution is -2.23. The van der Waals surface area contributed by atoms with E-state index in [0.717, 1.165) is 31.0 Å². The maximum Gasteiger partial charge on any atom is 0.121 e. The smallest absolute Gasteiger partial charge is 0.121 e. The lowest BCUT2D eigenvalue weighted by Gasteiger charge is -2.11. The van der Waals surface area contributed by atoms with Crippen molar-refractivity contribution >= 4 is 5.69 Å². The van der Waals surface area contributed by atoms with Crippen molar-refractivity contribution in [3.63, 3.8) is 0 Å². The predicted octanol–water partition coefficient (Wildman–Crippen LogP) is 1.79. The molecule has 1 aliphatic rings. The highest BCUT2D eigenvalue weighted by atomic mass is 16.5. The lowest BCUT2D eigenvalue weighted by molar-refractivity contribution is 0.292. The van der Waals surface area contributed by atoms with Gasteiger partial charge in [0.15, 0.2) is 0 Å². The van der Waals surface area contributed by atoms with E-state index in [1.165, 1.54) is 12.8 Å². The first-order valence-corrected chi connectivity index (χ1v) is 5.56. The zero-order valence-electron chi connectivity index (χ0n) is 8.91. The van der Waals surface area contributed by atoms with Gasteiger partial charge in [-0.15, -0.1) is 0 Å². The molecular formula is C12H18N2O. The summed E-state index contributed by atoms with van der Waals surface area (Å²) < 4.78 is 5.63. The van der Waals surface area contributed by atoms with Crippen molar-refractivity contribution in [1.82, 2.24) is 5.32 Å². The zero-order valence-corrected chi connectivity index (χ0v) is 8.91. The summed E-state index contributed by atoms with van der Waals surface area (Å²) in [5, 5.41) is 3.45. The topological polar surface area (TPSA) is 47.3 Å². The Balaban J connectivity index is 1.73. The van der Waals surface area contributed by atoms with Gasteiger partial charge >= 0.3 is 0 Å². The number of nitrogens with two attached hydrogens (primary N) is 1. The predicted molar refractivity (Wildman–Crippen MR) is 62.0 cm³/mol. The molecule has 15 heavy (non-hydrogen) atoms. The van der Waals surface area contributed by atoms with Crippen LogP contribution in [0.3, 0.4) is 0 Å². The van der Waals surface area contributed by atoms with Gasteiger partial charge in [-0.3, -0.25) is 0 Å². The number of hydrogen-bond donors (Lipinski definition) is 2. The summed E-state index contributed by atoms with van der Waals surface area (Å²) in [6.45, 7) is 1.92. The van der Waals surface area contributed by atoms with Gasteiger partial charge in [-0.05, 0) is 37.9 Å². The monoisotopic (exact) mass is 206 g/mol. The molecule has 0 saturated carbocycles. The Labute approximate surface area is 90.6 Å². The number of rotatable bonds is 4. The van der Waals surface area contributed by atoms with Crippen molar-refractivity contribution < 1.29 is 4.74 Å². The van der Waals surface area contributed by atoms with Gasteiger partial charge in [0.1, 0.15) is 5.75 Å². The molecule has 0 bridgehead atoms. The van der Waals surface area contributed by atoms with E-state index >= 15 is 0 Å². The van der Waals surface area contributed by atoms with Crippen LogP contribution in [-0.2, 0) is 0 Å². The number of anilines is 1. The summed E-state index contributed by atoms with van der Waals surface area (Å²) in [5.41, 5.74) is 6.42. The van der Waals surface area contributed by atoms with E-state index in [9.17, 15) is 0 Å². The number of nitrogens with one attached hydrogen (secondary N) is 1. The molecule has 0 spiro atoms. The van der Waals surface area contributed by atoms with Gasteiger partial charge in [-0.25, -0.2) is 0 Å². The van der Waals surface area contributed by atoms with E-state index in [-0.39, 0.29) is 0 Å².